The van der Waals surface area contributed by atoms with Crippen LogP contribution < -0.4 is 4.74 Å². The first-order chi connectivity index (χ1) is 13.5. The monoisotopic (exact) mass is 388 g/mol. The lowest BCUT2D eigenvalue weighted by Crippen LogP contribution is -2.51. The Kier molecular flexibility index (Phi) is 6.54. The summed E-state index contributed by atoms with van der Waals surface area (Å²) in [5.41, 5.74) is 0. The van der Waals surface area contributed by atoms with Crippen LogP contribution in [-0.4, -0.2) is 64.5 Å². The molecule has 0 spiro atoms. The quantitative estimate of drug-likeness (QED) is 0.737. The Bertz CT molecular complexity index is 704. The first-order valence-corrected chi connectivity index (χ1v) is 9.98. The van der Waals surface area contributed by atoms with Gasteiger partial charge in [0, 0.05) is 19.1 Å². The molecule has 3 rings (SSSR count). The molecule has 1 aromatic rings. The second kappa shape index (κ2) is 9.08. The third-order valence-electron chi connectivity index (χ3n) is 5.42. The summed E-state index contributed by atoms with van der Waals surface area (Å²) in [6.07, 6.45) is 3.42. The summed E-state index contributed by atoms with van der Waals surface area (Å²) in [5, 5.41) is 9.34. The van der Waals surface area contributed by atoms with E-state index in [2.05, 4.69) is 0 Å². The van der Waals surface area contributed by atoms with E-state index in [0.717, 1.165) is 25.0 Å². The van der Waals surface area contributed by atoms with Crippen molar-refractivity contribution in [3.05, 3.63) is 30.3 Å². The highest BCUT2D eigenvalue weighted by atomic mass is 16.5. The number of para-hydroxylation sites is 1. The number of hydrogen-bond donors (Lipinski definition) is 1. The normalized spacial score (nSPS) is 20.3. The SMILES string of the molecule is CC(C(=O)O)N(C(=O)C1CCCN(C(=O)CCOc2ccccc2)C1)C1CC1. The number of nitrogens with zero attached hydrogens (tertiary/aromatic N) is 2. The van der Waals surface area contributed by atoms with Gasteiger partial charge < -0.3 is 19.6 Å². The van der Waals surface area contributed by atoms with Crippen molar-refractivity contribution in [2.45, 2.75) is 51.1 Å². The van der Waals surface area contributed by atoms with Gasteiger partial charge in [-0.15, -0.1) is 0 Å². The second-order valence-corrected chi connectivity index (χ2v) is 7.58. The van der Waals surface area contributed by atoms with Crippen LogP contribution in [0.1, 0.15) is 39.0 Å². The van der Waals surface area contributed by atoms with E-state index in [1.54, 1.807) is 11.8 Å². The number of piperidine rings is 1. The second-order valence-electron chi connectivity index (χ2n) is 7.58. The Morgan fingerprint density at radius 2 is 1.93 bits per heavy atom. The molecule has 1 N–H and O–H groups in total. The number of aliphatic carboxylic acids is 1. The zero-order chi connectivity index (χ0) is 20.1. The molecule has 0 aromatic heterocycles. The molecule has 1 heterocycles. The van der Waals surface area contributed by atoms with Crippen molar-refractivity contribution in [3.8, 4) is 5.75 Å². The van der Waals surface area contributed by atoms with Crippen molar-refractivity contribution in [3.63, 3.8) is 0 Å². The van der Waals surface area contributed by atoms with Gasteiger partial charge in [0.25, 0.3) is 0 Å². The van der Waals surface area contributed by atoms with Crippen LogP contribution in [-0.2, 0) is 14.4 Å². The summed E-state index contributed by atoms with van der Waals surface area (Å²) >= 11 is 0. The number of amides is 2. The molecule has 1 aromatic carbocycles. The van der Waals surface area contributed by atoms with Crippen molar-refractivity contribution in [1.82, 2.24) is 9.80 Å². The minimum absolute atomic E-state index is 0.0299. The molecule has 1 saturated heterocycles. The fraction of sp³-hybridized carbons (Fsp3) is 0.571. The van der Waals surface area contributed by atoms with Crippen LogP contribution in [0.15, 0.2) is 30.3 Å². The lowest BCUT2D eigenvalue weighted by atomic mass is 9.95. The molecular weight excluding hydrogens is 360 g/mol. The van der Waals surface area contributed by atoms with Crippen LogP contribution in [0.2, 0.25) is 0 Å². The van der Waals surface area contributed by atoms with Gasteiger partial charge in [-0.3, -0.25) is 9.59 Å². The zero-order valence-electron chi connectivity index (χ0n) is 16.3. The Labute approximate surface area is 165 Å². The van der Waals surface area contributed by atoms with Gasteiger partial charge in [-0.25, -0.2) is 4.79 Å². The fourth-order valence-electron chi connectivity index (χ4n) is 3.71. The fourth-order valence-corrected chi connectivity index (χ4v) is 3.71. The predicted octanol–water partition coefficient (Wildman–Crippen LogP) is 2.16. The molecule has 2 atom stereocenters. The van der Waals surface area contributed by atoms with Gasteiger partial charge in [-0.2, -0.15) is 0 Å². The smallest absolute Gasteiger partial charge is 0.326 e. The van der Waals surface area contributed by atoms with Gasteiger partial charge in [0.2, 0.25) is 11.8 Å². The minimum Gasteiger partial charge on any atom is -0.493 e. The number of carboxylic acids is 1. The third-order valence-corrected chi connectivity index (χ3v) is 5.42. The Hall–Kier alpha value is -2.57. The van der Waals surface area contributed by atoms with E-state index < -0.39 is 12.0 Å². The van der Waals surface area contributed by atoms with Crippen LogP contribution in [0.5, 0.6) is 5.75 Å². The summed E-state index contributed by atoms with van der Waals surface area (Å²) in [7, 11) is 0. The molecule has 0 bridgehead atoms. The van der Waals surface area contributed by atoms with E-state index in [0.29, 0.717) is 26.1 Å². The van der Waals surface area contributed by atoms with E-state index >= 15 is 0 Å². The number of benzene rings is 1. The summed E-state index contributed by atoms with van der Waals surface area (Å²) in [5.74, 6) is -0.741. The lowest BCUT2D eigenvalue weighted by molar-refractivity contribution is -0.153. The third kappa shape index (κ3) is 5.03. The van der Waals surface area contributed by atoms with Crippen molar-refractivity contribution in [1.29, 1.82) is 0 Å². The maximum atomic E-state index is 13.0. The number of carbonyl (C=O) groups excluding carboxylic acids is 2. The van der Waals surface area contributed by atoms with Gasteiger partial charge in [0.1, 0.15) is 11.8 Å². The average molecular weight is 388 g/mol. The van der Waals surface area contributed by atoms with Gasteiger partial charge in [0.15, 0.2) is 0 Å². The van der Waals surface area contributed by atoms with Crippen LogP contribution in [0.4, 0.5) is 0 Å². The molecule has 2 amide bonds. The van der Waals surface area contributed by atoms with Crippen molar-refractivity contribution in [2.24, 2.45) is 5.92 Å². The van der Waals surface area contributed by atoms with Gasteiger partial charge >= 0.3 is 5.97 Å². The Balaban J connectivity index is 1.53. The Morgan fingerprint density at radius 1 is 1.21 bits per heavy atom. The maximum Gasteiger partial charge on any atom is 0.326 e. The predicted molar refractivity (Wildman–Crippen MR) is 103 cm³/mol. The number of carboxylic acid groups (broad SMARTS) is 1. The topological polar surface area (TPSA) is 87.2 Å². The molecule has 2 aliphatic rings. The van der Waals surface area contributed by atoms with E-state index in [-0.39, 0.29) is 30.2 Å². The molecular formula is C21H28N2O5. The van der Waals surface area contributed by atoms with Crippen molar-refractivity contribution in [2.75, 3.05) is 19.7 Å². The molecule has 1 aliphatic carbocycles. The molecule has 1 aliphatic heterocycles. The van der Waals surface area contributed by atoms with Crippen LogP contribution in [0.3, 0.4) is 0 Å². The highest BCUT2D eigenvalue weighted by Gasteiger charge is 2.42. The van der Waals surface area contributed by atoms with E-state index in [1.165, 1.54) is 4.90 Å². The average Bonchev–Trinajstić information content (AvgIpc) is 3.53. The number of ether oxygens (including phenoxy) is 1. The lowest BCUT2D eigenvalue weighted by Gasteiger charge is -2.36. The van der Waals surface area contributed by atoms with E-state index in [4.69, 9.17) is 4.74 Å². The molecule has 7 nitrogen and oxygen atoms in total. The standard InChI is InChI=1S/C21H28N2O5/c1-15(21(26)27)23(17-9-10-17)20(25)16-6-5-12-22(14-16)19(24)11-13-28-18-7-3-2-4-8-18/h2-4,7-8,15-17H,5-6,9-14H2,1H3,(H,26,27). The highest BCUT2D eigenvalue weighted by Crippen LogP contribution is 2.32. The van der Waals surface area contributed by atoms with Crippen LogP contribution >= 0.6 is 0 Å². The highest BCUT2D eigenvalue weighted by molar-refractivity contribution is 5.86. The number of rotatable bonds is 8. The number of likely N-dealkylation sites (tertiary alicyclic amines) is 1. The van der Waals surface area contributed by atoms with E-state index in [9.17, 15) is 19.5 Å². The van der Waals surface area contributed by atoms with E-state index in [1.807, 2.05) is 30.3 Å². The first-order valence-electron chi connectivity index (χ1n) is 9.98. The van der Waals surface area contributed by atoms with Gasteiger partial charge in [-0.1, -0.05) is 18.2 Å². The molecule has 1 saturated carbocycles. The largest absolute Gasteiger partial charge is 0.493 e. The first kappa shape index (κ1) is 20.2. The maximum absolute atomic E-state index is 13.0. The summed E-state index contributed by atoms with van der Waals surface area (Å²) in [6.45, 7) is 2.85. The van der Waals surface area contributed by atoms with Crippen molar-refractivity contribution >= 4 is 17.8 Å². The Morgan fingerprint density at radius 3 is 2.57 bits per heavy atom. The minimum atomic E-state index is -0.984. The molecule has 28 heavy (non-hydrogen) atoms. The summed E-state index contributed by atoms with van der Waals surface area (Å²) in [6, 6.07) is 8.55. The molecule has 7 heteroatoms. The number of hydrogen-bond acceptors (Lipinski definition) is 4. The van der Waals surface area contributed by atoms with Gasteiger partial charge in [-0.05, 0) is 44.7 Å². The molecule has 0 radical (unpaired) electrons. The van der Waals surface area contributed by atoms with Crippen molar-refractivity contribution < 1.29 is 24.2 Å². The molecule has 2 fully saturated rings. The van der Waals surface area contributed by atoms with Crippen LogP contribution in [0, 0.1) is 5.92 Å². The zero-order valence-corrected chi connectivity index (χ0v) is 16.3. The van der Waals surface area contributed by atoms with Crippen LogP contribution in [0.25, 0.3) is 0 Å². The number of carbonyl (C=O) groups is 3. The molecule has 2 unspecified atom stereocenters. The molecule has 152 valence electrons. The van der Waals surface area contributed by atoms with Gasteiger partial charge in [0.05, 0.1) is 18.9 Å². The summed E-state index contributed by atoms with van der Waals surface area (Å²) < 4.78 is 5.59. The summed E-state index contributed by atoms with van der Waals surface area (Å²) in [4.78, 5) is 40.2.